The van der Waals surface area contributed by atoms with E-state index in [-0.39, 0.29) is 17.0 Å². The van der Waals surface area contributed by atoms with Crippen molar-refractivity contribution in [3.8, 4) is 5.75 Å². The first kappa shape index (κ1) is 19.8. The molecular formula is C21H26FN3O4. The highest BCUT2D eigenvalue weighted by atomic mass is 19.1. The van der Waals surface area contributed by atoms with Crippen LogP contribution in [0.2, 0.25) is 0 Å². The van der Waals surface area contributed by atoms with Gasteiger partial charge in [-0.25, -0.2) is 4.39 Å². The third-order valence-corrected chi connectivity index (χ3v) is 5.86. The Balaban J connectivity index is 1.58. The molecule has 1 amide bonds. The highest BCUT2D eigenvalue weighted by Crippen LogP contribution is 2.35. The highest BCUT2D eigenvalue weighted by molar-refractivity contribution is 6.03. The fourth-order valence-electron chi connectivity index (χ4n) is 4.31. The van der Waals surface area contributed by atoms with Gasteiger partial charge < -0.3 is 19.7 Å². The Morgan fingerprint density at radius 3 is 2.86 bits per heavy atom. The molecule has 0 unspecified atom stereocenters. The van der Waals surface area contributed by atoms with Gasteiger partial charge in [0.2, 0.25) is 0 Å². The van der Waals surface area contributed by atoms with E-state index in [1.807, 2.05) is 6.92 Å². The zero-order valence-corrected chi connectivity index (χ0v) is 16.5. The van der Waals surface area contributed by atoms with E-state index in [4.69, 9.17) is 4.74 Å². The summed E-state index contributed by atoms with van der Waals surface area (Å²) in [6.07, 6.45) is 2.03. The summed E-state index contributed by atoms with van der Waals surface area (Å²) in [4.78, 5) is 28.1. The predicted octanol–water partition coefficient (Wildman–Crippen LogP) is 1.81. The number of carbonyl (C=O) groups excluding carboxylic acids is 1. The molecule has 1 atom stereocenters. The molecule has 29 heavy (non-hydrogen) atoms. The van der Waals surface area contributed by atoms with E-state index in [1.165, 1.54) is 16.7 Å². The number of morpholine rings is 1. The third kappa shape index (κ3) is 3.74. The van der Waals surface area contributed by atoms with Gasteiger partial charge in [0, 0.05) is 31.1 Å². The molecule has 1 aromatic carbocycles. The average Bonchev–Trinajstić information content (AvgIpc) is 2.71. The van der Waals surface area contributed by atoms with Crippen LogP contribution in [-0.2, 0) is 11.2 Å². The number of aromatic nitrogens is 1. The van der Waals surface area contributed by atoms with Crippen molar-refractivity contribution in [1.29, 1.82) is 0 Å². The molecule has 0 aliphatic carbocycles. The zero-order chi connectivity index (χ0) is 20.5. The van der Waals surface area contributed by atoms with E-state index in [0.717, 1.165) is 26.1 Å². The Kier molecular flexibility index (Phi) is 5.56. The van der Waals surface area contributed by atoms with Gasteiger partial charge in [-0.15, -0.1) is 0 Å². The quantitative estimate of drug-likeness (QED) is 0.744. The van der Waals surface area contributed by atoms with Crippen LogP contribution in [0.15, 0.2) is 16.9 Å². The van der Waals surface area contributed by atoms with E-state index in [9.17, 15) is 19.1 Å². The molecule has 2 aliphatic rings. The van der Waals surface area contributed by atoms with Gasteiger partial charge in [0.25, 0.3) is 11.5 Å². The van der Waals surface area contributed by atoms with Crippen molar-refractivity contribution in [2.45, 2.75) is 32.2 Å². The maximum Gasteiger partial charge on any atom is 0.267 e. The minimum Gasteiger partial charge on any atom is -0.506 e. The lowest BCUT2D eigenvalue weighted by atomic mass is 9.95. The number of carbonyl (C=O) groups is 1. The molecule has 2 N–H and O–H groups in total. The van der Waals surface area contributed by atoms with Crippen LogP contribution in [0.25, 0.3) is 10.9 Å². The van der Waals surface area contributed by atoms with Crippen LogP contribution in [0, 0.1) is 5.82 Å². The molecule has 2 aliphatic heterocycles. The molecule has 4 rings (SSSR count). The van der Waals surface area contributed by atoms with E-state index in [0.29, 0.717) is 43.7 Å². The second-order valence-corrected chi connectivity index (χ2v) is 7.81. The molecule has 7 nitrogen and oxygen atoms in total. The molecule has 0 spiro atoms. The van der Waals surface area contributed by atoms with Crippen molar-refractivity contribution in [3.05, 3.63) is 39.4 Å². The average molecular weight is 403 g/mol. The molecule has 1 aromatic heterocycles. The number of rotatable bonds is 5. The molecule has 0 radical (unpaired) electrons. The second-order valence-electron chi connectivity index (χ2n) is 7.81. The molecule has 3 heterocycles. The Morgan fingerprint density at radius 2 is 2.10 bits per heavy atom. The number of pyridine rings is 1. The monoisotopic (exact) mass is 403 g/mol. The van der Waals surface area contributed by atoms with Crippen molar-refractivity contribution >= 4 is 16.8 Å². The first-order chi connectivity index (χ1) is 14.0. The Hall–Kier alpha value is -2.45. The van der Waals surface area contributed by atoms with Gasteiger partial charge in [-0.1, -0.05) is 0 Å². The van der Waals surface area contributed by atoms with Gasteiger partial charge in [-0.2, -0.15) is 0 Å². The summed E-state index contributed by atoms with van der Waals surface area (Å²) in [6, 6.07) is 2.46. The number of hydrogen-bond donors (Lipinski definition) is 2. The molecule has 8 heteroatoms. The molecule has 0 bridgehead atoms. The van der Waals surface area contributed by atoms with Gasteiger partial charge in [0.1, 0.15) is 17.1 Å². The largest absolute Gasteiger partial charge is 0.506 e. The van der Waals surface area contributed by atoms with Gasteiger partial charge in [0.15, 0.2) is 0 Å². The van der Waals surface area contributed by atoms with Crippen molar-refractivity contribution in [2.75, 3.05) is 39.4 Å². The molecule has 0 saturated carbocycles. The number of nitrogens with one attached hydrogen (secondary N) is 1. The lowest BCUT2D eigenvalue weighted by molar-refractivity contribution is 0.0374. The number of hydrogen-bond acceptors (Lipinski definition) is 5. The standard InChI is InChI=1S/C21H26FN3O4/c1-13-3-4-14-11-15(22)12-16-18(14)25(13)21(28)17(19(16)26)20(27)23-5-2-6-24-7-9-29-10-8-24/h11-13,26H,2-10H2,1H3,(H,23,27)/t13-/m0/s1. The number of nitrogens with zero attached hydrogens (tertiary/aromatic N) is 2. The fraction of sp³-hybridized carbons (Fsp3) is 0.524. The number of ether oxygens (including phenoxy) is 1. The summed E-state index contributed by atoms with van der Waals surface area (Å²) in [5.41, 5.74) is 0.370. The van der Waals surface area contributed by atoms with Gasteiger partial charge >= 0.3 is 0 Å². The zero-order valence-electron chi connectivity index (χ0n) is 16.5. The van der Waals surface area contributed by atoms with Crippen LogP contribution < -0.4 is 10.9 Å². The maximum atomic E-state index is 14.1. The van der Waals surface area contributed by atoms with Crippen molar-refractivity contribution in [3.63, 3.8) is 0 Å². The van der Waals surface area contributed by atoms with Gasteiger partial charge in [-0.05, 0) is 50.4 Å². The van der Waals surface area contributed by atoms with Gasteiger partial charge in [0.05, 0.1) is 18.7 Å². The van der Waals surface area contributed by atoms with Crippen molar-refractivity contribution in [2.24, 2.45) is 0 Å². The third-order valence-electron chi connectivity index (χ3n) is 5.86. The molecule has 2 aromatic rings. The summed E-state index contributed by atoms with van der Waals surface area (Å²) in [5, 5.41) is 13.6. The summed E-state index contributed by atoms with van der Waals surface area (Å²) in [7, 11) is 0. The number of halogens is 1. The molecule has 1 fully saturated rings. The van der Waals surface area contributed by atoms with Crippen LogP contribution in [0.3, 0.4) is 0 Å². The van der Waals surface area contributed by atoms with E-state index < -0.39 is 23.0 Å². The first-order valence-corrected chi connectivity index (χ1v) is 10.1. The fourth-order valence-corrected chi connectivity index (χ4v) is 4.31. The van der Waals surface area contributed by atoms with Gasteiger partial charge in [-0.3, -0.25) is 14.5 Å². The number of amides is 1. The summed E-state index contributed by atoms with van der Waals surface area (Å²) >= 11 is 0. The second kappa shape index (κ2) is 8.12. The lowest BCUT2D eigenvalue weighted by Crippen LogP contribution is -2.39. The first-order valence-electron chi connectivity index (χ1n) is 10.1. The topological polar surface area (TPSA) is 83.8 Å². The summed E-state index contributed by atoms with van der Waals surface area (Å²) < 4.78 is 20.9. The van der Waals surface area contributed by atoms with Crippen molar-refractivity contribution < 1.29 is 19.0 Å². The minimum absolute atomic E-state index is 0.128. The summed E-state index contributed by atoms with van der Waals surface area (Å²) in [6.45, 7) is 6.28. The summed E-state index contributed by atoms with van der Waals surface area (Å²) in [5.74, 6) is -1.55. The molecule has 156 valence electrons. The normalized spacial score (nSPS) is 19.4. The SMILES string of the molecule is C[C@H]1CCc2cc(F)cc3c(O)c(C(=O)NCCCN4CCOCC4)c(=O)n1c23. The molecular weight excluding hydrogens is 377 g/mol. The van der Waals surface area contributed by atoms with E-state index in [2.05, 4.69) is 10.2 Å². The van der Waals surface area contributed by atoms with E-state index >= 15 is 0 Å². The molecule has 1 saturated heterocycles. The predicted molar refractivity (Wildman–Crippen MR) is 107 cm³/mol. The van der Waals surface area contributed by atoms with Crippen LogP contribution in [0.1, 0.15) is 41.7 Å². The maximum absolute atomic E-state index is 14.1. The Labute approximate surface area is 168 Å². The highest BCUT2D eigenvalue weighted by Gasteiger charge is 2.28. The smallest absolute Gasteiger partial charge is 0.267 e. The van der Waals surface area contributed by atoms with Crippen LogP contribution >= 0.6 is 0 Å². The minimum atomic E-state index is -0.622. The number of benzene rings is 1. The number of aryl methyl sites for hydroxylation is 1. The van der Waals surface area contributed by atoms with Crippen LogP contribution in [0.5, 0.6) is 5.75 Å². The van der Waals surface area contributed by atoms with Crippen molar-refractivity contribution in [1.82, 2.24) is 14.8 Å². The van der Waals surface area contributed by atoms with E-state index in [1.54, 1.807) is 0 Å². The lowest BCUT2D eigenvalue weighted by Gasteiger charge is -2.27. The van der Waals surface area contributed by atoms with Crippen LogP contribution in [-0.4, -0.2) is 59.9 Å². The Morgan fingerprint density at radius 1 is 1.34 bits per heavy atom. The Bertz CT molecular complexity index is 998. The number of aromatic hydroxyl groups is 1. The van der Waals surface area contributed by atoms with Crippen LogP contribution in [0.4, 0.5) is 4.39 Å².